The number of carbonyl (C=O) groups is 1. The van der Waals surface area contributed by atoms with Crippen molar-refractivity contribution in [2.75, 3.05) is 0 Å². The largest absolute Gasteiger partial charge is 0.462 e. The molecule has 2 saturated carbocycles. The molecule has 1 heterocycles. The van der Waals surface area contributed by atoms with E-state index in [9.17, 15) is 9.90 Å². The second kappa shape index (κ2) is 5.20. The molecule has 1 N–H and O–H groups in total. The summed E-state index contributed by atoms with van der Waals surface area (Å²) in [5.41, 5.74) is -0.515. The number of aliphatic hydroxyl groups excluding tert-OH is 1. The van der Waals surface area contributed by atoms with Crippen molar-refractivity contribution in [2.45, 2.75) is 84.2 Å². The van der Waals surface area contributed by atoms with Crippen LogP contribution in [0.1, 0.15) is 60.3 Å². The molecule has 7 atom stereocenters. The average molecular weight is 310 g/mol. The monoisotopic (exact) mass is 310 g/mol. The number of rotatable bonds is 1. The summed E-state index contributed by atoms with van der Waals surface area (Å²) in [4.78, 5) is 11.7. The van der Waals surface area contributed by atoms with Gasteiger partial charge < -0.3 is 14.6 Å². The van der Waals surface area contributed by atoms with E-state index in [1.165, 1.54) is 0 Å². The summed E-state index contributed by atoms with van der Waals surface area (Å²) in [5, 5.41) is 11.2. The summed E-state index contributed by atoms with van der Waals surface area (Å²) >= 11 is 0. The van der Waals surface area contributed by atoms with Crippen LogP contribution in [0.25, 0.3) is 0 Å². The standard InChI is InChI=1S/C18H30O4/c1-10-8-13-11(9-15(19)21-13)16(20)18(5)12(10)6-7-14(18)22-17(2,3)4/h10-14,16,20H,6-9H2,1-5H3/t10-,11+,12+,13-,14-,16-,18+/m0/s1. The van der Waals surface area contributed by atoms with E-state index in [0.29, 0.717) is 18.3 Å². The van der Waals surface area contributed by atoms with Gasteiger partial charge in [-0.3, -0.25) is 4.79 Å². The number of ether oxygens (including phenoxy) is 2. The molecular weight excluding hydrogens is 280 g/mol. The lowest BCUT2D eigenvalue weighted by molar-refractivity contribution is -0.157. The molecule has 4 nitrogen and oxygen atoms in total. The van der Waals surface area contributed by atoms with Crippen molar-refractivity contribution >= 4 is 5.97 Å². The fourth-order valence-electron chi connectivity index (χ4n) is 5.27. The van der Waals surface area contributed by atoms with Crippen molar-refractivity contribution in [3.8, 4) is 0 Å². The van der Waals surface area contributed by atoms with Crippen molar-refractivity contribution in [3.63, 3.8) is 0 Å². The first-order chi connectivity index (χ1) is 10.1. The van der Waals surface area contributed by atoms with Crippen LogP contribution in [0, 0.1) is 23.2 Å². The lowest BCUT2D eigenvalue weighted by Crippen LogP contribution is -2.50. The van der Waals surface area contributed by atoms with Gasteiger partial charge in [0.15, 0.2) is 0 Å². The summed E-state index contributed by atoms with van der Waals surface area (Å²) in [5.74, 6) is 0.636. The zero-order valence-electron chi connectivity index (χ0n) is 14.5. The van der Waals surface area contributed by atoms with E-state index in [2.05, 4.69) is 34.6 Å². The highest BCUT2D eigenvalue weighted by molar-refractivity contribution is 5.72. The lowest BCUT2D eigenvalue weighted by atomic mass is 9.67. The van der Waals surface area contributed by atoms with Gasteiger partial charge >= 0.3 is 5.97 Å². The molecule has 0 radical (unpaired) electrons. The van der Waals surface area contributed by atoms with Crippen LogP contribution < -0.4 is 0 Å². The van der Waals surface area contributed by atoms with Crippen LogP contribution in [-0.4, -0.2) is 35.0 Å². The van der Waals surface area contributed by atoms with Crippen LogP contribution in [0.15, 0.2) is 0 Å². The Balaban J connectivity index is 1.94. The highest BCUT2D eigenvalue weighted by Crippen LogP contribution is 2.57. The van der Waals surface area contributed by atoms with Gasteiger partial charge in [0.2, 0.25) is 0 Å². The predicted molar refractivity (Wildman–Crippen MR) is 83.2 cm³/mol. The Morgan fingerprint density at radius 3 is 2.64 bits per heavy atom. The van der Waals surface area contributed by atoms with E-state index in [1.54, 1.807) is 0 Å². The molecule has 3 fully saturated rings. The number of aliphatic hydroxyl groups is 1. The third-order valence-corrected chi connectivity index (χ3v) is 6.22. The van der Waals surface area contributed by atoms with Crippen LogP contribution in [0.5, 0.6) is 0 Å². The molecule has 0 aromatic carbocycles. The fraction of sp³-hybridized carbons (Fsp3) is 0.944. The van der Waals surface area contributed by atoms with E-state index < -0.39 is 6.10 Å². The van der Waals surface area contributed by atoms with E-state index in [0.717, 1.165) is 19.3 Å². The number of fused-ring (bicyclic) bond motifs is 2. The molecular formula is C18H30O4. The molecule has 0 spiro atoms. The quantitative estimate of drug-likeness (QED) is 0.757. The van der Waals surface area contributed by atoms with Crippen LogP contribution in [0.3, 0.4) is 0 Å². The maximum absolute atomic E-state index is 11.7. The fourth-order valence-corrected chi connectivity index (χ4v) is 5.27. The summed E-state index contributed by atoms with van der Waals surface area (Å²) < 4.78 is 11.8. The lowest BCUT2D eigenvalue weighted by Gasteiger charge is -2.44. The second-order valence-corrected chi connectivity index (χ2v) is 8.82. The smallest absolute Gasteiger partial charge is 0.306 e. The maximum Gasteiger partial charge on any atom is 0.306 e. The van der Waals surface area contributed by atoms with Crippen molar-refractivity contribution in [1.29, 1.82) is 0 Å². The van der Waals surface area contributed by atoms with E-state index in [1.807, 2.05) is 0 Å². The zero-order valence-corrected chi connectivity index (χ0v) is 14.5. The van der Waals surface area contributed by atoms with Crippen LogP contribution in [0.4, 0.5) is 0 Å². The number of carbonyl (C=O) groups excluding carboxylic acids is 1. The van der Waals surface area contributed by atoms with Crippen molar-refractivity contribution in [3.05, 3.63) is 0 Å². The van der Waals surface area contributed by atoms with Crippen molar-refractivity contribution in [1.82, 2.24) is 0 Å². The Morgan fingerprint density at radius 1 is 1.32 bits per heavy atom. The van der Waals surface area contributed by atoms with Gasteiger partial charge in [-0.15, -0.1) is 0 Å². The summed E-state index contributed by atoms with van der Waals surface area (Å²) in [6, 6.07) is 0. The van der Waals surface area contributed by atoms with E-state index >= 15 is 0 Å². The topological polar surface area (TPSA) is 55.8 Å². The van der Waals surface area contributed by atoms with Gasteiger partial charge in [0.1, 0.15) is 6.10 Å². The molecule has 1 saturated heterocycles. The highest BCUT2D eigenvalue weighted by atomic mass is 16.6. The average Bonchev–Trinajstić information content (AvgIpc) is 2.87. The molecule has 0 unspecified atom stereocenters. The number of esters is 1. The first-order valence-electron chi connectivity index (χ1n) is 8.68. The molecule has 3 rings (SSSR count). The van der Waals surface area contributed by atoms with Crippen molar-refractivity contribution in [2.24, 2.45) is 23.2 Å². The number of hydrogen-bond acceptors (Lipinski definition) is 4. The molecule has 0 bridgehead atoms. The SMILES string of the molecule is C[C@H]1C[C@@H]2OC(=O)C[C@H]2[C@H](O)[C@@]2(C)[C@@H](OC(C)(C)C)CC[C@H]12. The van der Waals surface area contributed by atoms with Crippen LogP contribution >= 0.6 is 0 Å². The second-order valence-electron chi connectivity index (χ2n) is 8.82. The van der Waals surface area contributed by atoms with Gasteiger partial charge in [0.05, 0.1) is 24.2 Å². The molecule has 0 amide bonds. The molecule has 0 aromatic heterocycles. The Labute approximate surface area is 133 Å². The minimum absolute atomic E-state index is 0.0457. The van der Waals surface area contributed by atoms with Gasteiger partial charge in [-0.05, 0) is 51.9 Å². The molecule has 2 aliphatic carbocycles. The molecule has 4 heteroatoms. The Bertz CT molecular complexity index is 454. The van der Waals surface area contributed by atoms with Crippen LogP contribution in [-0.2, 0) is 14.3 Å². The van der Waals surface area contributed by atoms with E-state index in [4.69, 9.17) is 9.47 Å². The van der Waals surface area contributed by atoms with Gasteiger partial charge in [-0.1, -0.05) is 13.8 Å². The van der Waals surface area contributed by atoms with Crippen LogP contribution in [0.2, 0.25) is 0 Å². The Kier molecular flexibility index (Phi) is 3.84. The Morgan fingerprint density at radius 2 is 2.00 bits per heavy atom. The normalized spacial score (nSPS) is 48.5. The first-order valence-corrected chi connectivity index (χ1v) is 8.68. The maximum atomic E-state index is 11.7. The van der Waals surface area contributed by atoms with Gasteiger partial charge in [0.25, 0.3) is 0 Å². The summed E-state index contributed by atoms with van der Waals surface area (Å²) in [7, 11) is 0. The third kappa shape index (κ3) is 2.48. The number of hydrogen-bond donors (Lipinski definition) is 1. The minimum Gasteiger partial charge on any atom is -0.462 e. The molecule has 1 aliphatic heterocycles. The zero-order chi connectivity index (χ0) is 16.3. The summed E-state index contributed by atoms with van der Waals surface area (Å²) in [6.07, 6.45) is 2.70. The van der Waals surface area contributed by atoms with Gasteiger partial charge in [-0.25, -0.2) is 0 Å². The third-order valence-electron chi connectivity index (χ3n) is 6.22. The summed E-state index contributed by atoms with van der Waals surface area (Å²) in [6.45, 7) is 10.6. The van der Waals surface area contributed by atoms with Gasteiger partial charge in [0, 0.05) is 11.3 Å². The molecule has 126 valence electrons. The molecule has 22 heavy (non-hydrogen) atoms. The van der Waals surface area contributed by atoms with Gasteiger partial charge in [-0.2, -0.15) is 0 Å². The predicted octanol–water partition coefficient (Wildman–Crippen LogP) is 2.92. The minimum atomic E-state index is -0.534. The molecule has 0 aromatic rings. The highest BCUT2D eigenvalue weighted by Gasteiger charge is 2.60. The Hall–Kier alpha value is -0.610. The first kappa shape index (κ1) is 16.3. The van der Waals surface area contributed by atoms with E-state index in [-0.39, 0.29) is 35.1 Å². The van der Waals surface area contributed by atoms with Crippen molar-refractivity contribution < 1.29 is 19.4 Å². The molecule has 3 aliphatic rings.